The Balaban J connectivity index is 1.61. The molecule has 1 aromatic heterocycles. The highest BCUT2D eigenvalue weighted by molar-refractivity contribution is 8.01. The van der Waals surface area contributed by atoms with E-state index < -0.39 is 12.0 Å². The van der Waals surface area contributed by atoms with Crippen molar-refractivity contribution >= 4 is 52.4 Å². The summed E-state index contributed by atoms with van der Waals surface area (Å²) in [6.45, 7) is 1.64. The molecule has 0 radical (unpaired) electrons. The number of esters is 1. The Morgan fingerprint density at radius 2 is 2.27 bits per heavy atom. The van der Waals surface area contributed by atoms with Crippen molar-refractivity contribution in [2.24, 2.45) is 0 Å². The molecule has 2 atom stereocenters. The summed E-state index contributed by atoms with van der Waals surface area (Å²) in [6.07, 6.45) is 1.20. The molecule has 2 fully saturated rings. The third-order valence-electron chi connectivity index (χ3n) is 3.91. The van der Waals surface area contributed by atoms with Crippen molar-refractivity contribution in [1.29, 1.82) is 0 Å². The van der Waals surface area contributed by atoms with Crippen LogP contribution in [0.4, 0.5) is 0 Å². The van der Waals surface area contributed by atoms with E-state index in [0.29, 0.717) is 21.4 Å². The molecule has 3 heterocycles. The van der Waals surface area contributed by atoms with Gasteiger partial charge in [0.2, 0.25) is 11.7 Å². The third-order valence-corrected chi connectivity index (χ3v) is 6.69. The summed E-state index contributed by atoms with van der Waals surface area (Å²) in [7, 11) is 0. The number of thiophene rings is 1. The Labute approximate surface area is 140 Å². The zero-order chi connectivity index (χ0) is 15.9. The highest BCUT2D eigenvalue weighted by Crippen LogP contribution is 2.47. The smallest absolute Gasteiger partial charge is 0.330 e. The molecule has 2 aliphatic rings. The lowest BCUT2D eigenvalue weighted by atomic mass is 10.2. The van der Waals surface area contributed by atoms with Gasteiger partial charge in [-0.05, 0) is 25.5 Å². The van der Waals surface area contributed by atoms with E-state index in [9.17, 15) is 14.4 Å². The van der Waals surface area contributed by atoms with Crippen LogP contribution in [0.1, 0.15) is 29.4 Å². The number of amides is 1. The van der Waals surface area contributed by atoms with E-state index >= 15 is 0 Å². The van der Waals surface area contributed by atoms with Crippen LogP contribution in [-0.4, -0.2) is 45.8 Å². The van der Waals surface area contributed by atoms with Crippen LogP contribution in [0.2, 0.25) is 4.34 Å². The van der Waals surface area contributed by atoms with Gasteiger partial charge in [0.25, 0.3) is 0 Å². The Morgan fingerprint density at radius 3 is 2.95 bits per heavy atom. The van der Waals surface area contributed by atoms with Crippen molar-refractivity contribution in [1.82, 2.24) is 4.90 Å². The number of hydrogen-bond acceptors (Lipinski definition) is 6. The van der Waals surface area contributed by atoms with Gasteiger partial charge in [0.05, 0.1) is 14.1 Å². The summed E-state index contributed by atoms with van der Waals surface area (Å²) in [5.41, 5.74) is 0. The molecule has 0 aromatic carbocycles. The van der Waals surface area contributed by atoms with Crippen LogP contribution >= 0.6 is 34.7 Å². The van der Waals surface area contributed by atoms with Gasteiger partial charge in [-0.3, -0.25) is 9.59 Å². The van der Waals surface area contributed by atoms with Gasteiger partial charge in [0.1, 0.15) is 6.04 Å². The fourth-order valence-electron chi connectivity index (χ4n) is 2.76. The number of nitrogens with zero attached hydrogens (tertiary/aromatic N) is 1. The van der Waals surface area contributed by atoms with E-state index in [4.69, 9.17) is 16.3 Å². The van der Waals surface area contributed by atoms with Crippen LogP contribution in [0.25, 0.3) is 0 Å². The number of ketones is 1. The van der Waals surface area contributed by atoms with Gasteiger partial charge in [0, 0.05) is 12.2 Å². The number of carbonyl (C=O) groups excluding carboxylic acids is 3. The predicted octanol–water partition coefficient (Wildman–Crippen LogP) is 2.58. The van der Waals surface area contributed by atoms with Gasteiger partial charge in [-0.25, -0.2) is 4.79 Å². The molecule has 0 N–H and O–H groups in total. The molecule has 0 saturated carbocycles. The van der Waals surface area contributed by atoms with E-state index in [1.165, 1.54) is 0 Å². The Hall–Kier alpha value is -1.05. The SMILES string of the molecule is CC12CCC(=O)N1C(C(=O)OCC(=O)c1ccc(Cl)s1)CS2. The minimum atomic E-state index is -0.593. The normalized spacial score (nSPS) is 27.1. The first-order valence-electron chi connectivity index (χ1n) is 6.82. The zero-order valence-corrected chi connectivity index (χ0v) is 14.2. The lowest BCUT2D eigenvalue weighted by Gasteiger charge is -2.29. The molecule has 118 valence electrons. The minimum Gasteiger partial charge on any atom is -0.456 e. The molecule has 3 rings (SSSR count). The molecule has 2 aliphatic heterocycles. The second-order valence-corrected chi connectivity index (χ2v) is 8.62. The van der Waals surface area contributed by atoms with Crippen molar-refractivity contribution in [3.05, 3.63) is 21.3 Å². The lowest BCUT2D eigenvalue weighted by molar-refractivity contribution is -0.152. The first-order chi connectivity index (χ1) is 10.4. The molecular weight excluding hydrogens is 346 g/mol. The molecule has 0 aliphatic carbocycles. The van der Waals surface area contributed by atoms with Gasteiger partial charge in [-0.1, -0.05) is 11.6 Å². The van der Waals surface area contributed by atoms with E-state index in [2.05, 4.69) is 0 Å². The van der Waals surface area contributed by atoms with Crippen LogP contribution in [0.5, 0.6) is 0 Å². The fourth-order valence-corrected chi connectivity index (χ4v) is 5.15. The van der Waals surface area contributed by atoms with E-state index in [0.717, 1.165) is 17.8 Å². The highest BCUT2D eigenvalue weighted by atomic mass is 35.5. The number of hydrogen-bond donors (Lipinski definition) is 0. The maximum Gasteiger partial charge on any atom is 0.330 e. The molecule has 8 heteroatoms. The lowest BCUT2D eigenvalue weighted by Crippen LogP contribution is -2.46. The average molecular weight is 360 g/mol. The number of Topliss-reactive ketones (excluding diaryl/α,β-unsaturated/α-hetero) is 1. The summed E-state index contributed by atoms with van der Waals surface area (Å²) < 4.78 is 5.63. The van der Waals surface area contributed by atoms with E-state index in [1.54, 1.807) is 28.8 Å². The Morgan fingerprint density at radius 1 is 1.50 bits per heavy atom. The molecule has 0 spiro atoms. The van der Waals surface area contributed by atoms with Gasteiger partial charge in [0.15, 0.2) is 6.61 Å². The van der Waals surface area contributed by atoms with Crippen LogP contribution in [-0.2, 0) is 14.3 Å². The Bertz CT molecular complexity index is 647. The fraction of sp³-hybridized carbons (Fsp3) is 0.500. The quantitative estimate of drug-likeness (QED) is 0.610. The summed E-state index contributed by atoms with van der Waals surface area (Å²) in [5.74, 6) is -0.306. The number of halogens is 1. The summed E-state index contributed by atoms with van der Waals surface area (Å²) in [5, 5.41) is 0. The van der Waals surface area contributed by atoms with Crippen molar-refractivity contribution < 1.29 is 19.1 Å². The molecule has 5 nitrogen and oxygen atoms in total. The minimum absolute atomic E-state index is 0.0224. The van der Waals surface area contributed by atoms with Gasteiger partial charge < -0.3 is 9.64 Å². The second-order valence-electron chi connectivity index (χ2n) is 5.40. The molecule has 2 unspecified atom stereocenters. The summed E-state index contributed by atoms with van der Waals surface area (Å²) in [4.78, 5) is 37.9. The maximum absolute atomic E-state index is 12.2. The Kier molecular flexibility index (Phi) is 4.22. The number of fused-ring (bicyclic) bond motifs is 1. The van der Waals surface area contributed by atoms with Crippen LogP contribution in [0, 0.1) is 0 Å². The standard InChI is InChI=1S/C14H14ClNO4S2/c1-14-5-4-12(18)16(14)8(7-21-14)13(19)20-6-9(17)10-2-3-11(15)22-10/h2-3,8H,4-7H2,1H3. The summed E-state index contributed by atoms with van der Waals surface area (Å²) >= 11 is 8.52. The van der Waals surface area contributed by atoms with Crippen LogP contribution in [0.15, 0.2) is 12.1 Å². The first kappa shape index (κ1) is 15.8. The van der Waals surface area contributed by atoms with Gasteiger partial charge in [-0.15, -0.1) is 23.1 Å². The molecule has 22 heavy (non-hydrogen) atoms. The van der Waals surface area contributed by atoms with E-state index in [1.807, 2.05) is 6.92 Å². The third kappa shape index (κ3) is 2.77. The summed E-state index contributed by atoms with van der Waals surface area (Å²) in [6, 6.07) is 2.64. The number of thioether (sulfide) groups is 1. The monoisotopic (exact) mass is 359 g/mol. The number of carbonyl (C=O) groups is 3. The second kappa shape index (κ2) is 5.86. The zero-order valence-electron chi connectivity index (χ0n) is 11.8. The van der Waals surface area contributed by atoms with Crippen molar-refractivity contribution in [3.8, 4) is 0 Å². The predicted molar refractivity (Wildman–Crippen MR) is 85.3 cm³/mol. The molecule has 2 saturated heterocycles. The average Bonchev–Trinajstić information content (AvgIpc) is 3.13. The topological polar surface area (TPSA) is 63.7 Å². The van der Waals surface area contributed by atoms with Gasteiger partial charge >= 0.3 is 5.97 Å². The highest BCUT2D eigenvalue weighted by Gasteiger charge is 2.53. The van der Waals surface area contributed by atoms with Crippen LogP contribution in [0.3, 0.4) is 0 Å². The van der Waals surface area contributed by atoms with Gasteiger partial charge in [-0.2, -0.15) is 0 Å². The largest absolute Gasteiger partial charge is 0.456 e. The maximum atomic E-state index is 12.2. The van der Waals surface area contributed by atoms with Crippen molar-refractivity contribution in [2.45, 2.75) is 30.7 Å². The molecular formula is C14H14ClNO4S2. The van der Waals surface area contributed by atoms with Crippen LogP contribution < -0.4 is 0 Å². The number of rotatable bonds is 4. The van der Waals surface area contributed by atoms with E-state index in [-0.39, 0.29) is 23.2 Å². The number of ether oxygens (including phenoxy) is 1. The first-order valence-corrected chi connectivity index (χ1v) is 9.00. The molecule has 0 bridgehead atoms. The van der Waals surface area contributed by atoms with Crippen molar-refractivity contribution in [3.63, 3.8) is 0 Å². The molecule has 1 amide bonds. The molecule has 1 aromatic rings. The van der Waals surface area contributed by atoms with Crippen molar-refractivity contribution in [2.75, 3.05) is 12.4 Å².